The summed E-state index contributed by atoms with van der Waals surface area (Å²) in [5.74, 6) is 0. The monoisotopic (exact) mass is 334 g/mol. The molecule has 2 rings (SSSR count). The van der Waals surface area contributed by atoms with Gasteiger partial charge in [-0.1, -0.05) is 6.92 Å². The van der Waals surface area contributed by atoms with Crippen LogP contribution < -0.4 is 10.0 Å². The average Bonchev–Trinajstić information content (AvgIpc) is 3.13. The van der Waals surface area contributed by atoms with E-state index in [-0.39, 0.29) is 6.54 Å². The van der Waals surface area contributed by atoms with Crippen LogP contribution in [0.5, 0.6) is 0 Å². The number of nitrogens with one attached hydrogen (secondary N) is 2. The van der Waals surface area contributed by atoms with Gasteiger partial charge in [-0.3, -0.25) is 0 Å². The first-order valence-electron chi connectivity index (χ1n) is 6.93. The van der Waals surface area contributed by atoms with Crippen molar-refractivity contribution < 1.29 is 17.9 Å². The molecule has 0 aliphatic carbocycles. The molecule has 0 saturated carbocycles. The van der Waals surface area contributed by atoms with Crippen molar-refractivity contribution in [3.63, 3.8) is 0 Å². The molecule has 0 spiro atoms. The molecule has 1 aliphatic rings. The van der Waals surface area contributed by atoms with Crippen LogP contribution in [0.15, 0.2) is 16.3 Å². The standard InChI is InChI=1S/C13H22N2O4S2/c1-3-14-8-11-12(4-7-20-11)21(16,17)15-9-13(18-2)5-6-19-10-13/h4,7,14-15H,3,5-6,8-10H2,1-2H3. The molecule has 0 aromatic carbocycles. The normalized spacial score (nSPS) is 22.8. The third-order valence-electron chi connectivity index (χ3n) is 3.61. The minimum absolute atomic E-state index is 0.225. The Labute approximate surface area is 129 Å². The molecule has 1 fully saturated rings. The predicted molar refractivity (Wildman–Crippen MR) is 82.1 cm³/mol. The van der Waals surface area contributed by atoms with E-state index in [9.17, 15) is 8.42 Å². The second kappa shape index (κ2) is 7.17. The maximum absolute atomic E-state index is 12.5. The zero-order valence-electron chi connectivity index (χ0n) is 12.3. The quantitative estimate of drug-likeness (QED) is 0.740. The van der Waals surface area contributed by atoms with Crippen LogP contribution in [0.4, 0.5) is 0 Å². The number of sulfonamides is 1. The van der Waals surface area contributed by atoms with Crippen molar-refractivity contribution in [1.82, 2.24) is 10.0 Å². The summed E-state index contributed by atoms with van der Waals surface area (Å²) >= 11 is 1.44. The maximum Gasteiger partial charge on any atom is 0.241 e. The molecule has 21 heavy (non-hydrogen) atoms. The van der Waals surface area contributed by atoms with E-state index in [0.717, 1.165) is 11.4 Å². The molecule has 8 heteroatoms. The van der Waals surface area contributed by atoms with Gasteiger partial charge in [-0.2, -0.15) is 0 Å². The number of rotatable bonds is 8. The molecular formula is C13H22N2O4S2. The summed E-state index contributed by atoms with van der Waals surface area (Å²) in [6.07, 6.45) is 0.694. The second-order valence-electron chi connectivity index (χ2n) is 5.00. The van der Waals surface area contributed by atoms with E-state index in [4.69, 9.17) is 9.47 Å². The van der Waals surface area contributed by atoms with E-state index in [0.29, 0.717) is 31.1 Å². The van der Waals surface area contributed by atoms with E-state index in [1.807, 2.05) is 6.92 Å². The molecule has 1 aromatic heterocycles. The highest BCUT2D eigenvalue weighted by atomic mass is 32.2. The van der Waals surface area contributed by atoms with Crippen LogP contribution in [0.2, 0.25) is 0 Å². The van der Waals surface area contributed by atoms with Gasteiger partial charge in [0, 0.05) is 38.1 Å². The van der Waals surface area contributed by atoms with Gasteiger partial charge in [0.05, 0.1) is 11.5 Å². The van der Waals surface area contributed by atoms with Crippen molar-refractivity contribution >= 4 is 21.4 Å². The molecule has 0 amide bonds. The molecule has 1 unspecified atom stereocenters. The summed E-state index contributed by atoms with van der Waals surface area (Å²) in [6, 6.07) is 1.64. The summed E-state index contributed by atoms with van der Waals surface area (Å²) in [5, 5.41) is 4.95. The molecule has 1 saturated heterocycles. The summed E-state index contributed by atoms with van der Waals surface area (Å²) in [4.78, 5) is 1.16. The maximum atomic E-state index is 12.5. The first kappa shape index (κ1) is 16.9. The Hall–Kier alpha value is -0.510. The van der Waals surface area contributed by atoms with Gasteiger partial charge < -0.3 is 14.8 Å². The third kappa shape index (κ3) is 4.02. The Bertz CT molecular complexity index is 550. The molecular weight excluding hydrogens is 312 g/mol. The Balaban J connectivity index is 2.06. The molecule has 1 aromatic rings. The fourth-order valence-corrected chi connectivity index (χ4v) is 4.73. The highest BCUT2D eigenvalue weighted by Gasteiger charge is 2.36. The molecule has 0 radical (unpaired) electrons. The zero-order valence-corrected chi connectivity index (χ0v) is 14.0. The minimum Gasteiger partial charge on any atom is -0.378 e. The smallest absolute Gasteiger partial charge is 0.241 e. The van der Waals surface area contributed by atoms with Crippen molar-refractivity contribution in [3.8, 4) is 0 Å². The average molecular weight is 334 g/mol. The molecule has 2 N–H and O–H groups in total. The van der Waals surface area contributed by atoms with Crippen molar-refractivity contribution in [3.05, 3.63) is 16.3 Å². The highest BCUT2D eigenvalue weighted by Crippen LogP contribution is 2.25. The van der Waals surface area contributed by atoms with Gasteiger partial charge in [0.15, 0.2) is 0 Å². The number of ether oxygens (including phenoxy) is 2. The number of hydrogen-bond donors (Lipinski definition) is 2. The topological polar surface area (TPSA) is 76.7 Å². The number of thiophene rings is 1. The van der Waals surface area contributed by atoms with Crippen LogP contribution in [0.25, 0.3) is 0 Å². The Morgan fingerprint density at radius 3 is 2.95 bits per heavy atom. The first-order chi connectivity index (χ1) is 10.0. The van der Waals surface area contributed by atoms with E-state index in [1.54, 1.807) is 18.6 Å². The van der Waals surface area contributed by atoms with Gasteiger partial charge in [0.25, 0.3) is 0 Å². The highest BCUT2D eigenvalue weighted by molar-refractivity contribution is 7.89. The van der Waals surface area contributed by atoms with Crippen molar-refractivity contribution in [2.24, 2.45) is 0 Å². The Morgan fingerprint density at radius 1 is 1.52 bits per heavy atom. The van der Waals surface area contributed by atoms with Crippen molar-refractivity contribution in [2.45, 2.75) is 30.4 Å². The fraction of sp³-hybridized carbons (Fsp3) is 0.692. The molecule has 1 aliphatic heterocycles. The lowest BCUT2D eigenvalue weighted by molar-refractivity contribution is -0.0120. The summed E-state index contributed by atoms with van der Waals surface area (Å²) in [7, 11) is -1.94. The molecule has 6 nitrogen and oxygen atoms in total. The van der Waals surface area contributed by atoms with Gasteiger partial charge >= 0.3 is 0 Å². The van der Waals surface area contributed by atoms with Crippen molar-refractivity contribution in [2.75, 3.05) is 33.4 Å². The Kier molecular flexibility index (Phi) is 5.75. The summed E-state index contributed by atoms with van der Waals surface area (Å²) in [6.45, 7) is 4.59. The van der Waals surface area contributed by atoms with Crippen LogP contribution in [0.1, 0.15) is 18.2 Å². The van der Waals surface area contributed by atoms with Gasteiger partial charge in [-0.25, -0.2) is 13.1 Å². The molecule has 120 valence electrons. The van der Waals surface area contributed by atoms with Crippen LogP contribution in [-0.2, 0) is 26.0 Å². The molecule has 0 bridgehead atoms. The van der Waals surface area contributed by atoms with Crippen LogP contribution in [0, 0.1) is 0 Å². The fourth-order valence-electron chi connectivity index (χ4n) is 2.20. The minimum atomic E-state index is -3.53. The first-order valence-corrected chi connectivity index (χ1v) is 9.29. The van der Waals surface area contributed by atoms with Gasteiger partial charge in [0.1, 0.15) is 5.60 Å². The predicted octanol–water partition coefficient (Wildman–Crippen LogP) is 0.941. The van der Waals surface area contributed by atoms with Gasteiger partial charge in [-0.05, 0) is 18.0 Å². The lowest BCUT2D eigenvalue weighted by Gasteiger charge is -2.25. The van der Waals surface area contributed by atoms with Crippen LogP contribution >= 0.6 is 11.3 Å². The van der Waals surface area contributed by atoms with E-state index in [1.165, 1.54) is 11.3 Å². The zero-order chi connectivity index (χ0) is 15.3. The lowest BCUT2D eigenvalue weighted by atomic mass is 10.0. The van der Waals surface area contributed by atoms with Gasteiger partial charge in [0.2, 0.25) is 10.0 Å². The van der Waals surface area contributed by atoms with E-state index >= 15 is 0 Å². The van der Waals surface area contributed by atoms with E-state index < -0.39 is 15.6 Å². The second-order valence-corrected chi connectivity index (χ2v) is 7.74. The van der Waals surface area contributed by atoms with E-state index in [2.05, 4.69) is 10.0 Å². The molecule has 2 heterocycles. The van der Waals surface area contributed by atoms with Gasteiger partial charge in [-0.15, -0.1) is 11.3 Å². The van der Waals surface area contributed by atoms with Crippen LogP contribution in [0.3, 0.4) is 0 Å². The van der Waals surface area contributed by atoms with Crippen LogP contribution in [-0.4, -0.2) is 47.4 Å². The summed E-state index contributed by atoms with van der Waals surface area (Å²) < 4.78 is 38.3. The number of hydrogen-bond acceptors (Lipinski definition) is 6. The SMILES string of the molecule is CCNCc1sccc1S(=O)(=O)NCC1(OC)CCOC1. The number of methoxy groups -OCH3 is 1. The lowest BCUT2D eigenvalue weighted by Crippen LogP contribution is -2.45. The summed E-state index contributed by atoms with van der Waals surface area (Å²) in [5.41, 5.74) is -0.551. The van der Waals surface area contributed by atoms with Crippen molar-refractivity contribution in [1.29, 1.82) is 0 Å². The third-order valence-corrected chi connectivity index (χ3v) is 6.15. The Morgan fingerprint density at radius 2 is 2.33 bits per heavy atom. The molecule has 1 atom stereocenters. The largest absolute Gasteiger partial charge is 0.378 e.